The number of hydrogen-bond acceptors (Lipinski definition) is 2. The van der Waals surface area contributed by atoms with Crippen molar-refractivity contribution in [1.29, 1.82) is 0 Å². The Kier molecular flexibility index (Phi) is 5.08. The van der Waals surface area contributed by atoms with E-state index in [2.05, 4.69) is 5.32 Å². The predicted octanol–water partition coefficient (Wildman–Crippen LogP) is 2.78. The van der Waals surface area contributed by atoms with Crippen molar-refractivity contribution in [1.82, 2.24) is 5.32 Å². The van der Waals surface area contributed by atoms with Crippen LogP contribution in [0.15, 0.2) is 18.2 Å². The lowest BCUT2D eigenvalue weighted by Gasteiger charge is -2.11. The van der Waals surface area contributed by atoms with Crippen molar-refractivity contribution in [3.8, 4) is 0 Å². The Balaban J connectivity index is 1.71. The lowest BCUT2D eigenvalue weighted by atomic mass is 10.1. The van der Waals surface area contributed by atoms with E-state index in [0.29, 0.717) is 35.3 Å². The monoisotopic (exact) mass is 300 g/mol. The summed E-state index contributed by atoms with van der Waals surface area (Å²) < 4.78 is 0. The first-order valence-corrected chi connectivity index (χ1v) is 7.28. The van der Waals surface area contributed by atoms with Crippen LogP contribution in [0.2, 0.25) is 10.0 Å². The molecular formula is C14H18Cl2N2O. The number of hydrogen-bond donors (Lipinski definition) is 2. The fourth-order valence-corrected chi connectivity index (χ4v) is 2.28. The van der Waals surface area contributed by atoms with Gasteiger partial charge in [0.25, 0.3) is 0 Å². The van der Waals surface area contributed by atoms with E-state index in [1.54, 1.807) is 12.1 Å². The van der Waals surface area contributed by atoms with Crippen LogP contribution in [0, 0.1) is 5.92 Å². The number of aryl methyl sites for hydroxylation is 1. The van der Waals surface area contributed by atoms with E-state index in [0.717, 1.165) is 5.56 Å². The molecule has 5 heteroatoms. The van der Waals surface area contributed by atoms with Gasteiger partial charge in [-0.1, -0.05) is 29.3 Å². The third-order valence-electron chi connectivity index (χ3n) is 3.39. The minimum atomic E-state index is 0.0298. The summed E-state index contributed by atoms with van der Waals surface area (Å²) >= 11 is 11.8. The number of amides is 1. The normalized spacial score (nSPS) is 16.2. The van der Waals surface area contributed by atoms with Crippen LogP contribution in [0.3, 0.4) is 0 Å². The first kappa shape index (κ1) is 14.6. The molecule has 1 aliphatic rings. The van der Waals surface area contributed by atoms with Crippen LogP contribution in [-0.2, 0) is 11.2 Å². The fourth-order valence-electron chi connectivity index (χ4n) is 1.96. The predicted molar refractivity (Wildman–Crippen MR) is 78.5 cm³/mol. The maximum absolute atomic E-state index is 11.7. The molecule has 1 aromatic carbocycles. The summed E-state index contributed by atoms with van der Waals surface area (Å²) in [6.45, 7) is 0.574. The van der Waals surface area contributed by atoms with Crippen LogP contribution in [0.25, 0.3) is 0 Å². The Morgan fingerprint density at radius 3 is 2.74 bits per heavy atom. The minimum Gasteiger partial charge on any atom is -0.355 e. The molecule has 104 valence electrons. The van der Waals surface area contributed by atoms with Gasteiger partial charge in [-0.25, -0.2) is 0 Å². The average Bonchev–Trinajstić information content (AvgIpc) is 3.21. The molecule has 1 fully saturated rings. The Morgan fingerprint density at radius 1 is 1.37 bits per heavy atom. The second-order valence-corrected chi connectivity index (χ2v) is 5.87. The molecule has 0 radical (unpaired) electrons. The Hall–Kier alpha value is -0.770. The Morgan fingerprint density at radius 2 is 2.11 bits per heavy atom. The van der Waals surface area contributed by atoms with Crippen molar-refractivity contribution in [3.05, 3.63) is 33.8 Å². The summed E-state index contributed by atoms with van der Waals surface area (Å²) in [6.07, 6.45) is 3.48. The summed E-state index contributed by atoms with van der Waals surface area (Å²) in [7, 11) is 0. The minimum absolute atomic E-state index is 0.0298. The maximum atomic E-state index is 11.7. The van der Waals surface area contributed by atoms with Crippen LogP contribution in [0.4, 0.5) is 0 Å². The molecule has 1 aromatic rings. The van der Waals surface area contributed by atoms with Gasteiger partial charge in [-0.3, -0.25) is 4.79 Å². The lowest BCUT2D eigenvalue weighted by Crippen LogP contribution is -2.38. The van der Waals surface area contributed by atoms with Crippen molar-refractivity contribution >= 4 is 29.1 Å². The zero-order valence-corrected chi connectivity index (χ0v) is 12.2. The highest BCUT2D eigenvalue weighted by Crippen LogP contribution is 2.31. The standard InChI is InChI=1S/C14H18Cl2N2O/c15-11-5-1-9(7-12(11)16)2-6-14(19)18-8-13(17)10-3-4-10/h1,5,7,10,13H,2-4,6,8,17H2,(H,18,19). The van der Waals surface area contributed by atoms with Gasteiger partial charge in [0.05, 0.1) is 10.0 Å². The molecule has 2 rings (SSSR count). The molecule has 0 bridgehead atoms. The number of benzene rings is 1. The Labute approximate surface area is 123 Å². The number of carbonyl (C=O) groups is 1. The summed E-state index contributed by atoms with van der Waals surface area (Å²) in [5.74, 6) is 0.637. The summed E-state index contributed by atoms with van der Waals surface area (Å²) in [5.41, 5.74) is 6.93. The van der Waals surface area contributed by atoms with E-state index >= 15 is 0 Å². The molecule has 0 heterocycles. The van der Waals surface area contributed by atoms with Gasteiger partial charge in [0.15, 0.2) is 0 Å². The van der Waals surface area contributed by atoms with Crippen molar-refractivity contribution in [2.75, 3.05) is 6.54 Å². The van der Waals surface area contributed by atoms with E-state index in [-0.39, 0.29) is 11.9 Å². The molecule has 0 saturated heterocycles. The fraction of sp³-hybridized carbons (Fsp3) is 0.500. The van der Waals surface area contributed by atoms with Gasteiger partial charge in [0.1, 0.15) is 0 Å². The van der Waals surface area contributed by atoms with Crippen LogP contribution < -0.4 is 11.1 Å². The van der Waals surface area contributed by atoms with Gasteiger partial charge in [0.2, 0.25) is 5.91 Å². The van der Waals surface area contributed by atoms with Crippen LogP contribution in [0.5, 0.6) is 0 Å². The maximum Gasteiger partial charge on any atom is 0.220 e. The van der Waals surface area contributed by atoms with Crippen molar-refractivity contribution in [3.63, 3.8) is 0 Å². The molecule has 0 aliphatic heterocycles. The molecule has 1 aliphatic carbocycles. The molecule has 0 spiro atoms. The molecular weight excluding hydrogens is 283 g/mol. The first-order chi connectivity index (χ1) is 9.06. The van der Waals surface area contributed by atoms with Gasteiger partial charge >= 0.3 is 0 Å². The van der Waals surface area contributed by atoms with Crippen LogP contribution in [-0.4, -0.2) is 18.5 Å². The Bertz CT molecular complexity index is 461. The highest BCUT2D eigenvalue weighted by atomic mass is 35.5. The number of nitrogens with one attached hydrogen (secondary N) is 1. The zero-order valence-electron chi connectivity index (χ0n) is 10.7. The molecule has 3 N–H and O–H groups in total. The van der Waals surface area contributed by atoms with Crippen molar-refractivity contribution < 1.29 is 4.79 Å². The zero-order chi connectivity index (χ0) is 13.8. The quantitative estimate of drug-likeness (QED) is 0.849. The topological polar surface area (TPSA) is 55.1 Å². The molecule has 1 saturated carbocycles. The van der Waals surface area contributed by atoms with Crippen LogP contribution >= 0.6 is 23.2 Å². The lowest BCUT2D eigenvalue weighted by molar-refractivity contribution is -0.121. The summed E-state index contributed by atoms with van der Waals surface area (Å²) in [4.78, 5) is 11.7. The number of rotatable bonds is 6. The van der Waals surface area contributed by atoms with E-state index in [4.69, 9.17) is 28.9 Å². The molecule has 1 unspecified atom stereocenters. The number of nitrogens with two attached hydrogens (primary N) is 1. The number of halogens is 2. The van der Waals surface area contributed by atoms with Crippen molar-refractivity contribution in [2.24, 2.45) is 11.7 Å². The second-order valence-electron chi connectivity index (χ2n) is 5.05. The van der Waals surface area contributed by atoms with E-state index < -0.39 is 0 Å². The van der Waals surface area contributed by atoms with E-state index in [1.165, 1.54) is 12.8 Å². The van der Waals surface area contributed by atoms with Gasteiger partial charge < -0.3 is 11.1 Å². The van der Waals surface area contributed by atoms with Gasteiger partial charge in [0, 0.05) is 19.0 Å². The third-order valence-corrected chi connectivity index (χ3v) is 4.13. The highest BCUT2D eigenvalue weighted by Gasteiger charge is 2.28. The molecule has 1 amide bonds. The SMILES string of the molecule is NC(CNC(=O)CCc1ccc(Cl)c(Cl)c1)C1CC1. The van der Waals surface area contributed by atoms with Gasteiger partial charge in [-0.15, -0.1) is 0 Å². The van der Waals surface area contributed by atoms with Gasteiger partial charge in [-0.05, 0) is 42.9 Å². The third kappa shape index (κ3) is 4.68. The average molecular weight is 301 g/mol. The van der Waals surface area contributed by atoms with E-state index in [9.17, 15) is 4.79 Å². The largest absolute Gasteiger partial charge is 0.355 e. The summed E-state index contributed by atoms with van der Waals surface area (Å²) in [6, 6.07) is 5.54. The first-order valence-electron chi connectivity index (χ1n) is 6.52. The molecule has 3 nitrogen and oxygen atoms in total. The molecule has 0 aromatic heterocycles. The van der Waals surface area contributed by atoms with E-state index in [1.807, 2.05) is 6.07 Å². The summed E-state index contributed by atoms with van der Waals surface area (Å²) in [5, 5.41) is 3.93. The van der Waals surface area contributed by atoms with Gasteiger partial charge in [-0.2, -0.15) is 0 Å². The van der Waals surface area contributed by atoms with Crippen LogP contribution in [0.1, 0.15) is 24.8 Å². The molecule has 1 atom stereocenters. The van der Waals surface area contributed by atoms with Crippen molar-refractivity contribution in [2.45, 2.75) is 31.7 Å². The second kappa shape index (κ2) is 6.60. The highest BCUT2D eigenvalue weighted by molar-refractivity contribution is 6.42. The number of carbonyl (C=O) groups excluding carboxylic acids is 1. The smallest absolute Gasteiger partial charge is 0.220 e. The molecule has 19 heavy (non-hydrogen) atoms.